The van der Waals surface area contributed by atoms with E-state index in [1.807, 2.05) is 0 Å². The van der Waals surface area contributed by atoms with Gasteiger partial charge in [0.2, 0.25) is 0 Å². The second-order valence-electron chi connectivity index (χ2n) is 7.88. The smallest absolute Gasteiger partial charge is 0.255 e. The topological polar surface area (TPSA) is 88.9 Å². The van der Waals surface area contributed by atoms with Gasteiger partial charge in [-0.1, -0.05) is 0 Å². The number of fused-ring (bicyclic) bond motifs is 2. The van der Waals surface area contributed by atoms with Crippen molar-refractivity contribution in [1.29, 1.82) is 0 Å². The summed E-state index contributed by atoms with van der Waals surface area (Å²) < 4.78 is 20.9. The van der Waals surface area contributed by atoms with Gasteiger partial charge in [0.25, 0.3) is 5.91 Å². The van der Waals surface area contributed by atoms with Crippen LogP contribution in [0.1, 0.15) is 35.1 Å². The number of benzene rings is 1. The zero-order chi connectivity index (χ0) is 21.4. The second kappa shape index (κ2) is 8.07. The fourth-order valence-electron chi connectivity index (χ4n) is 4.02. The number of rotatable bonds is 5. The Morgan fingerprint density at radius 2 is 2.10 bits per heavy atom. The van der Waals surface area contributed by atoms with Gasteiger partial charge in [0.1, 0.15) is 17.2 Å². The van der Waals surface area contributed by atoms with Gasteiger partial charge in [-0.05, 0) is 37.1 Å². The van der Waals surface area contributed by atoms with E-state index in [9.17, 15) is 9.18 Å². The zero-order valence-electron chi connectivity index (χ0n) is 17.2. The largest absolute Gasteiger partial charge is 0.381 e. The maximum absolute atomic E-state index is 13.4. The molecule has 0 saturated carbocycles. The van der Waals surface area contributed by atoms with Crippen LogP contribution < -0.4 is 0 Å². The maximum atomic E-state index is 13.4. The Morgan fingerprint density at radius 3 is 2.94 bits per heavy atom. The van der Waals surface area contributed by atoms with E-state index in [0.29, 0.717) is 46.9 Å². The number of ether oxygens (including phenoxy) is 1. The first-order valence-electron chi connectivity index (χ1n) is 10.4. The van der Waals surface area contributed by atoms with Gasteiger partial charge < -0.3 is 19.2 Å². The lowest BCUT2D eigenvalue weighted by Gasteiger charge is -2.23. The fourth-order valence-corrected chi connectivity index (χ4v) is 4.02. The molecule has 1 aliphatic rings. The Morgan fingerprint density at radius 1 is 1.26 bits per heavy atom. The fraction of sp³-hybridized carbons (Fsp3) is 0.364. The van der Waals surface area contributed by atoms with Crippen LogP contribution in [0.3, 0.4) is 0 Å². The highest BCUT2D eigenvalue weighted by Gasteiger charge is 2.20. The third-order valence-electron chi connectivity index (χ3n) is 5.77. The molecule has 0 bridgehead atoms. The molecule has 0 radical (unpaired) electrons. The van der Waals surface area contributed by atoms with Gasteiger partial charge in [-0.3, -0.25) is 4.79 Å². The molecule has 1 saturated heterocycles. The number of H-pyrrole nitrogens is 1. The average molecular weight is 422 g/mol. The molecule has 0 unspecified atom stereocenters. The third-order valence-corrected chi connectivity index (χ3v) is 5.77. The Labute approximate surface area is 178 Å². The number of halogens is 1. The molecule has 0 atom stereocenters. The van der Waals surface area contributed by atoms with Gasteiger partial charge in [0.05, 0.1) is 22.9 Å². The van der Waals surface area contributed by atoms with E-state index in [2.05, 4.69) is 24.5 Å². The number of carbonyl (C=O) groups excluding carboxylic acids is 1. The lowest BCUT2D eigenvalue weighted by molar-refractivity contribution is 0.0704. The number of hydrogen-bond donors (Lipinski definition) is 1. The Kier molecular flexibility index (Phi) is 5.11. The normalized spacial score (nSPS) is 15.0. The van der Waals surface area contributed by atoms with Gasteiger partial charge in [-0.15, -0.1) is 0 Å². The first kappa shape index (κ1) is 19.6. The summed E-state index contributed by atoms with van der Waals surface area (Å²) in [6.07, 6.45) is 5.82. The summed E-state index contributed by atoms with van der Waals surface area (Å²) in [4.78, 5) is 31.1. The summed E-state index contributed by atoms with van der Waals surface area (Å²) in [5.41, 5.74) is 3.36. The zero-order valence-corrected chi connectivity index (χ0v) is 17.2. The highest BCUT2D eigenvalue weighted by atomic mass is 19.1. The van der Waals surface area contributed by atoms with Crippen molar-refractivity contribution >= 4 is 28.1 Å². The molecule has 1 amide bonds. The number of aromatic nitrogens is 5. The molecule has 3 aromatic heterocycles. The van der Waals surface area contributed by atoms with Crippen molar-refractivity contribution in [2.24, 2.45) is 0 Å². The number of nitrogens with one attached hydrogen (secondary N) is 1. The lowest BCUT2D eigenvalue weighted by atomic mass is 10.1. The summed E-state index contributed by atoms with van der Waals surface area (Å²) in [5, 5.41) is 0. The molecular weight excluding hydrogens is 399 g/mol. The number of hydrogen-bond acceptors (Lipinski definition) is 5. The number of nitrogens with zero attached hydrogens (tertiary/aromatic N) is 5. The summed E-state index contributed by atoms with van der Waals surface area (Å²) in [7, 11) is 1.75. The highest BCUT2D eigenvalue weighted by Crippen LogP contribution is 2.25. The molecule has 0 spiro atoms. The first-order chi connectivity index (χ1) is 15.1. The Bertz CT molecular complexity index is 1240. The number of likely N-dealkylation sites (N-methyl/N-ethyl adjacent to an activating group) is 1. The van der Waals surface area contributed by atoms with E-state index in [1.165, 1.54) is 12.1 Å². The van der Waals surface area contributed by atoms with Crippen LogP contribution in [-0.4, -0.2) is 62.1 Å². The van der Waals surface area contributed by atoms with E-state index >= 15 is 0 Å². The predicted octanol–water partition coefficient (Wildman–Crippen LogP) is 3.11. The van der Waals surface area contributed by atoms with Gasteiger partial charge in [0, 0.05) is 45.5 Å². The number of pyridine rings is 1. The molecule has 4 aromatic rings. The van der Waals surface area contributed by atoms with Crippen LogP contribution in [0.4, 0.5) is 4.39 Å². The van der Waals surface area contributed by atoms with E-state index in [-0.39, 0.29) is 11.7 Å². The minimum atomic E-state index is -0.308. The van der Waals surface area contributed by atoms with Crippen molar-refractivity contribution in [3.63, 3.8) is 0 Å². The first-order valence-corrected chi connectivity index (χ1v) is 10.4. The molecule has 1 aliphatic heterocycles. The van der Waals surface area contributed by atoms with E-state index in [4.69, 9.17) is 4.74 Å². The van der Waals surface area contributed by atoms with Gasteiger partial charge in [-0.25, -0.2) is 19.3 Å². The van der Waals surface area contributed by atoms with Gasteiger partial charge in [-0.2, -0.15) is 0 Å². The molecular formula is C22H23FN6O2. The third kappa shape index (κ3) is 3.88. The molecule has 31 heavy (non-hydrogen) atoms. The van der Waals surface area contributed by atoms with Crippen LogP contribution in [0.5, 0.6) is 0 Å². The van der Waals surface area contributed by atoms with Crippen LogP contribution in [0.2, 0.25) is 0 Å². The summed E-state index contributed by atoms with van der Waals surface area (Å²) in [6.45, 7) is 1.95. The molecule has 5 rings (SSSR count). The highest BCUT2D eigenvalue weighted by molar-refractivity contribution is 5.96. The number of imidazole rings is 2. The molecule has 1 N–H and O–H groups in total. The summed E-state index contributed by atoms with van der Waals surface area (Å²) in [6, 6.07) is 6.56. The lowest BCUT2D eigenvalue weighted by Crippen LogP contribution is -2.29. The quantitative estimate of drug-likeness (QED) is 0.534. The monoisotopic (exact) mass is 422 g/mol. The maximum Gasteiger partial charge on any atom is 0.255 e. The number of amides is 1. The Hall–Kier alpha value is -3.33. The molecule has 8 nitrogen and oxygen atoms in total. The van der Waals surface area contributed by atoms with Crippen molar-refractivity contribution in [1.82, 2.24) is 29.4 Å². The molecule has 1 fully saturated rings. The molecule has 0 aliphatic carbocycles. The van der Waals surface area contributed by atoms with Crippen LogP contribution in [0.15, 0.2) is 36.8 Å². The van der Waals surface area contributed by atoms with Crippen LogP contribution in [0, 0.1) is 5.82 Å². The number of aromatic amines is 1. The van der Waals surface area contributed by atoms with E-state index in [0.717, 1.165) is 31.7 Å². The Balaban J connectivity index is 1.28. The molecule has 1 aromatic carbocycles. The average Bonchev–Trinajstić information content (AvgIpc) is 3.40. The van der Waals surface area contributed by atoms with E-state index < -0.39 is 0 Å². The minimum absolute atomic E-state index is 0.128. The molecule has 9 heteroatoms. The van der Waals surface area contributed by atoms with Crippen molar-refractivity contribution in [2.75, 3.05) is 26.8 Å². The van der Waals surface area contributed by atoms with Gasteiger partial charge >= 0.3 is 0 Å². The van der Waals surface area contributed by atoms with Crippen molar-refractivity contribution in [2.45, 2.75) is 25.3 Å². The molecule has 4 heterocycles. The van der Waals surface area contributed by atoms with Crippen LogP contribution >= 0.6 is 0 Å². The summed E-state index contributed by atoms with van der Waals surface area (Å²) in [5.74, 6) is 0.276. The van der Waals surface area contributed by atoms with Gasteiger partial charge in [0.15, 0.2) is 5.65 Å². The SMILES string of the molecule is CN(CCc1nc2ccc(F)cc2[nH]1)C(=O)c1cnc2c(c1)ncn2C1CCOCC1. The van der Waals surface area contributed by atoms with Crippen molar-refractivity contribution in [3.8, 4) is 0 Å². The summed E-state index contributed by atoms with van der Waals surface area (Å²) >= 11 is 0. The number of carbonyl (C=O) groups is 1. The van der Waals surface area contributed by atoms with Crippen molar-refractivity contribution < 1.29 is 13.9 Å². The second-order valence-corrected chi connectivity index (χ2v) is 7.88. The van der Waals surface area contributed by atoms with Crippen LogP contribution in [0.25, 0.3) is 22.2 Å². The molecule has 160 valence electrons. The van der Waals surface area contributed by atoms with Crippen molar-refractivity contribution in [3.05, 3.63) is 54.0 Å². The van der Waals surface area contributed by atoms with E-state index in [1.54, 1.807) is 36.6 Å². The minimum Gasteiger partial charge on any atom is -0.381 e. The van der Waals surface area contributed by atoms with Crippen LogP contribution in [-0.2, 0) is 11.2 Å². The standard InChI is InChI=1S/C22H23FN6O2/c1-28(7-4-20-26-17-3-2-15(23)11-18(17)27-20)22(30)14-10-19-21(24-12-14)29(13-25-19)16-5-8-31-9-6-16/h2-3,10-13,16H,4-9H2,1H3,(H,26,27). The predicted molar refractivity (Wildman–Crippen MR) is 113 cm³/mol.